The first-order valence-electron chi connectivity index (χ1n) is 4.94. The average Bonchev–Trinajstić information content (AvgIpc) is 2.81. The number of nitrogens with one attached hydrogen (secondary N) is 1. The maximum absolute atomic E-state index is 6.14. The topological polar surface area (TPSA) is 38.1 Å². The fourth-order valence-corrected chi connectivity index (χ4v) is 2.48. The summed E-state index contributed by atoms with van der Waals surface area (Å²) in [5, 5.41) is 8.32. The van der Waals surface area contributed by atoms with Crippen LogP contribution >= 0.6 is 23.2 Å². The third-order valence-corrected chi connectivity index (χ3v) is 3.28. The van der Waals surface area contributed by atoms with E-state index >= 15 is 0 Å². The minimum absolute atomic E-state index is 0.593. The molecule has 0 amide bonds. The van der Waals surface area contributed by atoms with Crippen LogP contribution in [0.25, 0.3) is 11.3 Å². The van der Waals surface area contributed by atoms with Gasteiger partial charge in [-0.1, -0.05) is 34.4 Å². The van der Waals surface area contributed by atoms with E-state index in [1.165, 1.54) is 0 Å². The van der Waals surface area contributed by atoms with Crippen molar-refractivity contribution in [2.45, 2.75) is 6.42 Å². The van der Waals surface area contributed by atoms with Gasteiger partial charge in [-0.05, 0) is 18.6 Å². The highest BCUT2D eigenvalue weighted by Gasteiger charge is 2.24. The predicted molar refractivity (Wildman–Crippen MR) is 64.2 cm³/mol. The molecule has 82 valence electrons. The number of aromatic nitrogens is 1. The molecule has 1 aromatic carbocycles. The van der Waals surface area contributed by atoms with Gasteiger partial charge < -0.3 is 9.84 Å². The minimum atomic E-state index is 0.593. The lowest BCUT2D eigenvalue weighted by Gasteiger charge is -2.03. The summed E-state index contributed by atoms with van der Waals surface area (Å²) in [7, 11) is 0. The maximum Gasteiger partial charge on any atom is 0.228 e. The van der Waals surface area contributed by atoms with E-state index in [1.807, 2.05) is 6.07 Å². The van der Waals surface area contributed by atoms with Crippen molar-refractivity contribution in [3.63, 3.8) is 0 Å². The van der Waals surface area contributed by atoms with Crippen molar-refractivity contribution < 1.29 is 4.52 Å². The zero-order chi connectivity index (χ0) is 11.1. The fraction of sp³-hybridized carbons (Fsp3) is 0.182. The Morgan fingerprint density at radius 2 is 2.00 bits per heavy atom. The largest absolute Gasteiger partial charge is 0.353 e. The van der Waals surface area contributed by atoms with Crippen LogP contribution in [0, 0.1) is 0 Å². The van der Waals surface area contributed by atoms with Gasteiger partial charge in [-0.15, -0.1) is 0 Å². The lowest BCUT2D eigenvalue weighted by atomic mass is 10.1. The van der Waals surface area contributed by atoms with Crippen LogP contribution < -0.4 is 5.32 Å². The molecule has 0 radical (unpaired) electrons. The van der Waals surface area contributed by atoms with Gasteiger partial charge in [-0.3, -0.25) is 0 Å². The molecule has 0 fully saturated rings. The van der Waals surface area contributed by atoms with E-state index in [2.05, 4.69) is 10.5 Å². The van der Waals surface area contributed by atoms with E-state index < -0.39 is 0 Å². The van der Waals surface area contributed by atoms with Crippen LogP contribution in [-0.2, 0) is 6.42 Å². The molecule has 2 aromatic rings. The molecule has 0 unspecified atom stereocenters. The number of benzene rings is 1. The molecule has 0 saturated carbocycles. The van der Waals surface area contributed by atoms with Gasteiger partial charge in [-0.2, -0.15) is 0 Å². The zero-order valence-corrected chi connectivity index (χ0v) is 9.77. The molecule has 3 nitrogen and oxygen atoms in total. The zero-order valence-electron chi connectivity index (χ0n) is 8.26. The Morgan fingerprint density at radius 1 is 1.25 bits per heavy atom. The molecule has 0 atom stereocenters. The van der Waals surface area contributed by atoms with E-state index in [0.29, 0.717) is 10.0 Å². The monoisotopic (exact) mass is 254 g/mol. The SMILES string of the molecule is Clc1cccc(Cl)c1-c1noc2c1CCN2. The highest BCUT2D eigenvalue weighted by molar-refractivity contribution is 6.39. The summed E-state index contributed by atoms with van der Waals surface area (Å²) in [6, 6.07) is 5.41. The first kappa shape index (κ1) is 10.00. The van der Waals surface area contributed by atoms with Gasteiger partial charge in [-0.25, -0.2) is 0 Å². The fourth-order valence-electron chi connectivity index (χ4n) is 1.90. The number of halogens is 2. The first-order chi connectivity index (χ1) is 7.77. The summed E-state index contributed by atoms with van der Waals surface area (Å²) in [6.07, 6.45) is 0.885. The van der Waals surface area contributed by atoms with Gasteiger partial charge in [0.15, 0.2) is 0 Å². The van der Waals surface area contributed by atoms with Crippen molar-refractivity contribution in [1.82, 2.24) is 5.16 Å². The second-order valence-electron chi connectivity index (χ2n) is 3.61. The Balaban J connectivity index is 2.22. The van der Waals surface area contributed by atoms with Gasteiger partial charge in [0, 0.05) is 17.7 Å². The van der Waals surface area contributed by atoms with E-state index in [-0.39, 0.29) is 0 Å². The van der Waals surface area contributed by atoms with Crippen LogP contribution in [0.5, 0.6) is 0 Å². The first-order valence-corrected chi connectivity index (χ1v) is 5.70. The third kappa shape index (κ3) is 1.39. The van der Waals surface area contributed by atoms with Gasteiger partial charge in [0.1, 0.15) is 5.69 Å². The number of anilines is 1. The predicted octanol–water partition coefficient (Wildman–Crippen LogP) is 3.62. The number of hydrogen-bond donors (Lipinski definition) is 1. The number of fused-ring (bicyclic) bond motifs is 1. The van der Waals surface area contributed by atoms with Crippen LogP contribution in [0.1, 0.15) is 5.56 Å². The molecule has 0 aliphatic carbocycles. The molecule has 2 heterocycles. The van der Waals surface area contributed by atoms with Crippen LogP contribution in [0.2, 0.25) is 10.0 Å². The quantitative estimate of drug-likeness (QED) is 0.845. The molecule has 0 bridgehead atoms. The summed E-state index contributed by atoms with van der Waals surface area (Å²) in [5.41, 5.74) is 2.55. The van der Waals surface area contributed by atoms with E-state index in [1.54, 1.807) is 12.1 Å². The molecule has 0 spiro atoms. The van der Waals surface area contributed by atoms with Crippen molar-refractivity contribution in [3.05, 3.63) is 33.8 Å². The average molecular weight is 255 g/mol. The van der Waals surface area contributed by atoms with Crippen LogP contribution in [0.4, 0.5) is 5.88 Å². The second-order valence-corrected chi connectivity index (χ2v) is 4.43. The minimum Gasteiger partial charge on any atom is -0.353 e. The smallest absolute Gasteiger partial charge is 0.228 e. The Hall–Kier alpha value is -1.19. The van der Waals surface area contributed by atoms with Gasteiger partial charge in [0.25, 0.3) is 0 Å². The van der Waals surface area contributed by atoms with Gasteiger partial charge >= 0.3 is 0 Å². The van der Waals surface area contributed by atoms with Crippen molar-refractivity contribution in [2.75, 3.05) is 11.9 Å². The molecule has 5 heteroatoms. The van der Waals surface area contributed by atoms with E-state index in [9.17, 15) is 0 Å². The molecule has 0 saturated heterocycles. The molecule has 1 aromatic heterocycles. The summed E-state index contributed by atoms with van der Waals surface area (Å²) < 4.78 is 5.19. The standard InChI is InChI=1S/C11H8Cl2N2O/c12-7-2-1-3-8(13)9(7)10-6-4-5-14-11(6)16-15-10/h1-3,14H,4-5H2. The Bertz CT molecular complexity index is 531. The van der Waals surface area contributed by atoms with Gasteiger partial charge in [0.05, 0.1) is 10.0 Å². The number of nitrogens with zero attached hydrogens (tertiary/aromatic N) is 1. The van der Waals surface area contributed by atoms with E-state index in [0.717, 1.165) is 35.7 Å². The van der Waals surface area contributed by atoms with Crippen LogP contribution in [-0.4, -0.2) is 11.7 Å². The highest BCUT2D eigenvalue weighted by atomic mass is 35.5. The second kappa shape index (κ2) is 3.68. The van der Waals surface area contributed by atoms with Crippen molar-refractivity contribution >= 4 is 29.1 Å². The Kier molecular flexibility index (Phi) is 2.30. The summed E-state index contributed by atoms with van der Waals surface area (Å²) >= 11 is 12.3. The lowest BCUT2D eigenvalue weighted by molar-refractivity contribution is 0.436. The molecule has 1 aliphatic heterocycles. The summed E-state index contributed by atoms with van der Waals surface area (Å²) in [4.78, 5) is 0. The highest BCUT2D eigenvalue weighted by Crippen LogP contribution is 2.39. The molecule has 3 rings (SSSR count). The van der Waals surface area contributed by atoms with Crippen molar-refractivity contribution in [1.29, 1.82) is 0 Å². The number of rotatable bonds is 1. The molecular weight excluding hydrogens is 247 g/mol. The number of hydrogen-bond acceptors (Lipinski definition) is 3. The Labute approximate surface area is 102 Å². The van der Waals surface area contributed by atoms with E-state index in [4.69, 9.17) is 27.7 Å². The normalized spacial score (nSPS) is 13.6. The summed E-state index contributed by atoms with van der Waals surface area (Å²) in [6.45, 7) is 0.867. The van der Waals surface area contributed by atoms with Crippen molar-refractivity contribution in [3.8, 4) is 11.3 Å². The van der Waals surface area contributed by atoms with Crippen molar-refractivity contribution in [2.24, 2.45) is 0 Å². The molecule has 1 N–H and O–H groups in total. The third-order valence-electron chi connectivity index (χ3n) is 2.65. The maximum atomic E-state index is 6.14. The summed E-state index contributed by atoms with van der Waals surface area (Å²) in [5.74, 6) is 0.728. The molecular formula is C11H8Cl2N2O. The lowest BCUT2D eigenvalue weighted by Crippen LogP contribution is -1.93. The molecule has 16 heavy (non-hydrogen) atoms. The van der Waals surface area contributed by atoms with Crippen LogP contribution in [0.3, 0.4) is 0 Å². The Morgan fingerprint density at radius 3 is 2.75 bits per heavy atom. The van der Waals surface area contributed by atoms with Gasteiger partial charge in [0.2, 0.25) is 5.88 Å². The van der Waals surface area contributed by atoms with Crippen LogP contribution in [0.15, 0.2) is 22.7 Å². The molecule has 1 aliphatic rings.